The second kappa shape index (κ2) is 4.14. The predicted molar refractivity (Wildman–Crippen MR) is 49.3 cm³/mol. The summed E-state index contributed by atoms with van der Waals surface area (Å²) < 4.78 is 4.95. The van der Waals surface area contributed by atoms with Crippen LogP contribution in [0.5, 0.6) is 5.75 Å². The minimum atomic E-state index is -1.02. The van der Waals surface area contributed by atoms with Crippen LogP contribution in [0, 0.1) is 6.92 Å². The zero-order valence-electron chi connectivity index (χ0n) is 7.08. The third-order valence-corrected chi connectivity index (χ3v) is 1.75. The van der Waals surface area contributed by atoms with E-state index in [4.69, 9.17) is 21.4 Å². The molecule has 0 spiro atoms. The van der Waals surface area contributed by atoms with E-state index < -0.39 is 5.97 Å². The molecule has 0 aromatic heterocycles. The Balaban J connectivity index is 2.75. The molecule has 1 rings (SSSR count). The maximum absolute atomic E-state index is 10.2. The highest BCUT2D eigenvalue weighted by Gasteiger charge is 2.03. The molecule has 4 heteroatoms. The average Bonchev–Trinajstić information content (AvgIpc) is 2.06. The molecule has 0 unspecified atom stereocenters. The molecule has 0 aliphatic carbocycles. The number of hydrogen-bond donors (Lipinski definition) is 1. The number of ether oxygens (including phenoxy) is 1. The largest absolute Gasteiger partial charge is 0.480 e. The number of benzene rings is 1. The Bertz CT molecular complexity index is 323. The van der Waals surface area contributed by atoms with Crippen molar-refractivity contribution in [2.75, 3.05) is 6.61 Å². The summed E-state index contributed by atoms with van der Waals surface area (Å²) in [4.78, 5) is 10.2. The van der Waals surface area contributed by atoms with Crippen molar-refractivity contribution >= 4 is 17.6 Å². The van der Waals surface area contributed by atoms with E-state index in [0.717, 1.165) is 5.56 Å². The van der Waals surface area contributed by atoms with Crippen molar-refractivity contribution in [2.45, 2.75) is 6.92 Å². The van der Waals surface area contributed by atoms with E-state index in [0.29, 0.717) is 10.8 Å². The van der Waals surface area contributed by atoms with Gasteiger partial charge in [0.25, 0.3) is 0 Å². The fourth-order valence-electron chi connectivity index (χ4n) is 0.861. The van der Waals surface area contributed by atoms with Crippen LogP contribution in [0.4, 0.5) is 0 Å². The first kappa shape index (κ1) is 9.86. The van der Waals surface area contributed by atoms with Crippen molar-refractivity contribution < 1.29 is 14.6 Å². The summed E-state index contributed by atoms with van der Waals surface area (Å²) in [5, 5.41) is 8.79. The Kier molecular flexibility index (Phi) is 3.14. The summed E-state index contributed by atoms with van der Waals surface area (Å²) in [6, 6.07) is 5.20. The van der Waals surface area contributed by atoms with Crippen molar-refractivity contribution in [3.63, 3.8) is 0 Å². The third-order valence-electron chi connectivity index (χ3n) is 1.44. The summed E-state index contributed by atoms with van der Waals surface area (Å²) in [6.07, 6.45) is 0. The lowest BCUT2D eigenvalue weighted by molar-refractivity contribution is -0.139. The zero-order chi connectivity index (χ0) is 9.84. The Hall–Kier alpha value is -1.22. The fraction of sp³-hybridized carbons (Fsp3) is 0.222. The van der Waals surface area contributed by atoms with Gasteiger partial charge in [-0.25, -0.2) is 4.79 Å². The number of carboxylic acids is 1. The molecule has 0 saturated carbocycles. The van der Waals surface area contributed by atoms with E-state index in [-0.39, 0.29) is 6.61 Å². The molecule has 1 aromatic rings. The highest BCUT2D eigenvalue weighted by molar-refractivity contribution is 6.32. The van der Waals surface area contributed by atoms with Gasteiger partial charge in [-0.15, -0.1) is 0 Å². The minimum absolute atomic E-state index is 0.372. The van der Waals surface area contributed by atoms with Crippen molar-refractivity contribution in [3.8, 4) is 5.75 Å². The molecule has 0 saturated heterocycles. The van der Waals surface area contributed by atoms with Crippen LogP contribution in [0.3, 0.4) is 0 Å². The maximum atomic E-state index is 10.2. The molecular weight excluding hydrogens is 192 g/mol. The topological polar surface area (TPSA) is 46.5 Å². The molecule has 0 bridgehead atoms. The first-order chi connectivity index (χ1) is 6.09. The van der Waals surface area contributed by atoms with Gasteiger partial charge in [-0.1, -0.05) is 17.7 Å². The van der Waals surface area contributed by atoms with Gasteiger partial charge in [0.2, 0.25) is 0 Å². The molecule has 0 aliphatic rings. The van der Waals surface area contributed by atoms with Gasteiger partial charge in [0.05, 0.1) is 5.02 Å². The Morgan fingerprint density at radius 3 is 2.92 bits per heavy atom. The number of carbonyl (C=O) groups is 1. The molecule has 13 heavy (non-hydrogen) atoms. The third kappa shape index (κ3) is 2.95. The van der Waals surface area contributed by atoms with E-state index in [1.807, 2.05) is 13.0 Å². The average molecular weight is 201 g/mol. The van der Waals surface area contributed by atoms with Gasteiger partial charge in [-0.3, -0.25) is 0 Å². The second-order valence-corrected chi connectivity index (χ2v) is 3.02. The number of hydrogen-bond acceptors (Lipinski definition) is 2. The molecule has 0 fully saturated rings. The van der Waals surface area contributed by atoms with Crippen LogP contribution < -0.4 is 4.74 Å². The molecule has 3 nitrogen and oxygen atoms in total. The monoisotopic (exact) mass is 200 g/mol. The van der Waals surface area contributed by atoms with Gasteiger partial charge in [-0.05, 0) is 24.6 Å². The molecule has 0 amide bonds. The number of carboxylic acid groups (broad SMARTS) is 1. The van der Waals surface area contributed by atoms with E-state index in [2.05, 4.69) is 0 Å². The summed E-state index contributed by atoms with van der Waals surface area (Å²) in [7, 11) is 0. The van der Waals surface area contributed by atoms with E-state index in [1.54, 1.807) is 12.1 Å². The predicted octanol–water partition coefficient (Wildman–Crippen LogP) is 2.11. The molecule has 1 aromatic carbocycles. The van der Waals surface area contributed by atoms with Crippen LogP contribution in [-0.2, 0) is 4.79 Å². The van der Waals surface area contributed by atoms with Crippen LogP contribution >= 0.6 is 11.6 Å². The summed E-state index contributed by atoms with van der Waals surface area (Å²) in [6.45, 7) is 1.51. The van der Waals surface area contributed by atoms with Gasteiger partial charge >= 0.3 is 5.97 Å². The number of halogens is 1. The van der Waals surface area contributed by atoms with Crippen molar-refractivity contribution in [2.24, 2.45) is 0 Å². The van der Waals surface area contributed by atoms with Gasteiger partial charge in [-0.2, -0.15) is 0 Å². The SMILES string of the molecule is Cc1ccc(Cl)c(OCC(=O)O)c1. The van der Waals surface area contributed by atoms with E-state index in [1.165, 1.54) is 0 Å². The van der Waals surface area contributed by atoms with Crippen LogP contribution in [-0.4, -0.2) is 17.7 Å². The second-order valence-electron chi connectivity index (χ2n) is 2.62. The summed E-state index contributed by atoms with van der Waals surface area (Å²) >= 11 is 5.76. The lowest BCUT2D eigenvalue weighted by Gasteiger charge is -2.05. The highest BCUT2D eigenvalue weighted by atomic mass is 35.5. The first-order valence-corrected chi connectivity index (χ1v) is 4.08. The van der Waals surface area contributed by atoms with Crippen molar-refractivity contribution in [3.05, 3.63) is 28.8 Å². The number of aliphatic carboxylic acids is 1. The Morgan fingerprint density at radius 2 is 2.31 bits per heavy atom. The smallest absolute Gasteiger partial charge is 0.341 e. The first-order valence-electron chi connectivity index (χ1n) is 3.70. The van der Waals surface area contributed by atoms with Crippen LogP contribution in [0.2, 0.25) is 5.02 Å². The van der Waals surface area contributed by atoms with E-state index >= 15 is 0 Å². The van der Waals surface area contributed by atoms with Crippen molar-refractivity contribution in [1.82, 2.24) is 0 Å². The molecule has 0 radical (unpaired) electrons. The number of aryl methyl sites for hydroxylation is 1. The lowest BCUT2D eigenvalue weighted by atomic mass is 10.2. The van der Waals surface area contributed by atoms with Crippen LogP contribution in [0.15, 0.2) is 18.2 Å². The van der Waals surface area contributed by atoms with Gasteiger partial charge in [0.1, 0.15) is 5.75 Å². The van der Waals surface area contributed by atoms with Gasteiger partial charge in [0, 0.05) is 0 Å². The molecule has 0 heterocycles. The minimum Gasteiger partial charge on any atom is -0.480 e. The number of rotatable bonds is 3. The molecule has 0 aliphatic heterocycles. The molecule has 70 valence electrons. The Morgan fingerprint density at radius 1 is 1.62 bits per heavy atom. The van der Waals surface area contributed by atoms with Gasteiger partial charge in [0.15, 0.2) is 6.61 Å². The molecule has 0 atom stereocenters. The normalized spacial score (nSPS) is 9.69. The van der Waals surface area contributed by atoms with Gasteiger partial charge < -0.3 is 9.84 Å². The molecule has 1 N–H and O–H groups in total. The lowest BCUT2D eigenvalue weighted by Crippen LogP contribution is -2.09. The molecular formula is C9H9ClO3. The summed E-state index contributed by atoms with van der Waals surface area (Å²) in [5.41, 5.74) is 0.977. The fourth-order valence-corrected chi connectivity index (χ4v) is 1.03. The van der Waals surface area contributed by atoms with E-state index in [9.17, 15) is 4.79 Å². The summed E-state index contributed by atoms with van der Waals surface area (Å²) in [5.74, 6) is -0.610. The Labute approximate surface area is 80.9 Å². The standard InChI is InChI=1S/C9H9ClO3/c1-6-2-3-7(10)8(4-6)13-5-9(11)12/h2-4H,5H2,1H3,(H,11,12). The van der Waals surface area contributed by atoms with Crippen LogP contribution in [0.1, 0.15) is 5.56 Å². The highest BCUT2D eigenvalue weighted by Crippen LogP contribution is 2.24. The van der Waals surface area contributed by atoms with Crippen LogP contribution in [0.25, 0.3) is 0 Å². The maximum Gasteiger partial charge on any atom is 0.341 e. The quantitative estimate of drug-likeness (QED) is 0.813. The zero-order valence-corrected chi connectivity index (χ0v) is 7.84. The van der Waals surface area contributed by atoms with Crippen molar-refractivity contribution in [1.29, 1.82) is 0 Å².